The lowest BCUT2D eigenvalue weighted by Gasteiger charge is -2.39. The van der Waals surface area contributed by atoms with Gasteiger partial charge in [-0.2, -0.15) is 4.98 Å². The molecule has 0 amide bonds. The second-order valence-electron chi connectivity index (χ2n) is 9.56. The minimum Gasteiger partial charge on any atom is -0.493 e. The van der Waals surface area contributed by atoms with Crippen molar-refractivity contribution in [2.24, 2.45) is 0 Å². The Kier molecular flexibility index (Phi) is 7.04. The fourth-order valence-corrected chi connectivity index (χ4v) is 4.91. The Morgan fingerprint density at radius 1 is 0.947 bits per heavy atom. The molecule has 2 aromatic heterocycles. The maximum absolute atomic E-state index is 11.9. The number of nitrogens with zero attached hydrogens (tertiary/aromatic N) is 4. The Balaban J connectivity index is 1.28. The molecule has 4 aromatic rings. The van der Waals surface area contributed by atoms with Gasteiger partial charge in [0.05, 0.1) is 29.4 Å². The first-order chi connectivity index (χ1) is 18.2. The average molecular weight is 535 g/mol. The lowest BCUT2D eigenvalue weighted by Crippen LogP contribution is -2.46. The molecule has 1 saturated carbocycles. The third-order valence-corrected chi connectivity index (χ3v) is 7.63. The third-order valence-electron chi connectivity index (χ3n) is 6.52. The smallest absolute Gasteiger partial charge is 0.229 e. The van der Waals surface area contributed by atoms with Gasteiger partial charge in [0.1, 0.15) is 11.9 Å². The van der Waals surface area contributed by atoms with Crippen LogP contribution in [0.1, 0.15) is 12.8 Å². The summed E-state index contributed by atoms with van der Waals surface area (Å²) in [5.74, 6) is 2.29. The van der Waals surface area contributed by atoms with E-state index >= 15 is 0 Å². The van der Waals surface area contributed by atoms with Crippen LogP contribution in [0.5, 0.6) is 11.5 Å². The van der Waals surface area contributed by atoms with Crippen LogP contribution in [0.25, 0.3) is 10.9 Å². The van der Waals surface area contributed by atoms with Crippen LogP contribution in [0.15, 0.2) is 65.8 Å². The highest BCUT2D eigenvalue weighted by atomic mass is 32.2. The summed E-state index contributed by atoms with van der Waals surface area (Å²) in [6.07, 6.45) is 6.67. The number of anilines is 4. The summed E-state index contributed by atoms with van der Waals surface area (Å²) < 4.78 is 35.5. The summed E-state index contributed by atoms with van der Waals surface area (Å²) in [6, 6.07) is 14.6. The van der Waals surface area contributed by atoms with Gasteiger partial charge in [-0.05, 0) is 69.4 Å². The summed E-state index contributed by atoms with van der Waals surface area (Å²) in [4.78, 5) is 15.7. The van der Waals surface area contributed by atoms with Gasteiger partial charge in [-0.15, -0.1) is 0 Å². The van der Waals surface area contributed by atoms with E-state index in [9.17, 15) is 8.42 Å². The van der Waals surface area contributed by atoms with Crippen LogP contribution in [0.4, 0.5) is 23.1 Å². The summed E-state index contributed by atoms with van der Waals surface area (Å²) in [7, 11) is 2.48. The third kappa shape index (κ3) is 5.79. The van der Waals surface area contributed by atoms with Gasteiger partial charge >= 0.3 is 0 Å². The SMILES string of the molecule is COc1cc(Nc2nccc(Nc3cnc4ccc(S(C)(=O)=O)cc4c3)n2)ccc1OC1CC(N(C)C)C1. The van der Waals surface area contributed by atoms with E-state index in [0.717, 1.165) is 18.5 Å². The van der Waals surface area contributed by atoms with E-state index in [1.54, 1.807) is 43.8 Å². The largest absolute Gasteiger partial charge is 0.493 e. The molecule has 0 spiro atoms. The number of hydrogen-bond donors (Lipinski definition) is 2. The summed E-state index contributed by atoms with van der Waals surface area (Å²) >= 11 is 0. The van der Waals surface area contributed by atoms with Crippen LogP contribution in [0, 0.1) is 0 Å². The molecule has 2 aromatic carbocycles. The predicted molar refractivity (Wildman–Crippen MR) is 148 cm³/mol. The Morgan fingerprint density at radius 2 is 1.76 bits per heavy atom. The molecule has 1 fully saturated rings. The molecule has 2 heterocycles. The second-order valence-corrected chi connectivity index (χ2v) is 11.6. The standard InChI is InChI=1S/C27H30N6O4S/c1-33(2)20-14-21(15-20)37-24-8-5-18(13-25(24)36-3)31-27-28-10-9-26(32-27)30-19-11-17-12-22(38(4,34)35)6-7-23(17)29-16-19/h5-13,16,20-21H,14-15H2,1-4H3,(H2,28,30,31,32). The van der Waals surface area contributed by atoms with Crippen LogP contribution >= 0.6 is 0 Å². The van der Waals surface area contributed by atoms with E-state index in [-0.39, 0.29) is 11.0 Å². The van der Waals surface area contributed by atoms with Crippen molar-refractivity contribution in [3.05, 3.63) is 60.9 Å². The summed E-state index contributed by atoms with van der Waals surface area (Å²) in [6.45, 7) is 0. The molecule has 0 atom stereocenters. The lowest BCUT2D eigenvalue weighted by molar-refractivity contribution is 0.0383. The van der Waals surface area contributed by atoms with Crippen LogP contribution in [0.3, 0.4) is 0 Å². The van der Waals surface area contributed by atoms with E-state index in [0.29, 0.717) is 45.9 Å². The van der Waals surface area contributed by atoms with Crippen molar-refractivity contribution in [2.45, 2.75) is 29.9 Å². The number of fused-ring (bicyclic) bond motifs is 1. The molecule has 0 aliphatic heterocycles. The van der Waals surface area contributed by atoms with E-state index in [4.69, 9.17) is 9.47 Å². The Bertz CT molecular complexity index is 1570. The number of benzene rings is 2. The van der Waals surface area contributed by atoms with Gasteiger partial charge in [0.15, 0.2) is 21.3 Å². The molecule has 38 heavy (non-hydrogen) atoms. The topological polar surface area (TPSA) is 119 Å². The highest BCUT2D eigenvalue weighted by Crippen LogP contribution is 2.36. The quantitative estimate of drug-likeness (QED) is 0.320. The monoisotopic (exact) mass is 534 g/mol. The summed E-state index contributed by atoms with van der Waals surface area (Å²) in [5.41, 5.74) is 2.12. The Hall–Kier alpha value is -3.96. The van der Waals surface area contributed by atoms with Crippen molar-refractivity contribution >= 4 is 43.9 Å². The minimum absolute atomic E-state index is 0.184. The molecule has 1 aliphatic carbocycles. The number of aromatic nitrogens is 3. The zero-order chi connectivity index (χ0) is 26.9. The van der Waals surface area contributed by atoms with Crippen molar-refractivity contribution in [1.82, 2.24) is 19.9 Å². The molecule has 0 saturated heterocycles. The van der Waals surface area contributed by atoms with Gasteiger partial charge in [0.25, 0.3) is 0 Å². The van der Waals surface area contributed by atoms with Crippen molar-refractivity contribution in [2.75, 3.05) is 38.1 Å². The highest BCUT2D eigenvalue weighted by Gasteiger charge is 2.32. The first-order valence-corrected chi connectivity index (χ1v) is 14.0. The van der Waals surface area contributed by atoms with E-state index in [2.05, 4.69) is 44.6 Å². The van der Waals surface area contributed by atoms with Crippen LogP contribution in [-0.2, 0) is 9.84 Å². The maximum Gasteiger partial charge on any atom is 0.229 e. The number of rotatable bonds is 9. The maximum atomic E-state index is 11.9. The molecule has 1 aliphatic rings. The predicted octanol–water partition coefficient (Wildman–Crippen LogP) is 4.40. The molecule has 0 bridgehead atoms. The number of pyridine rings is 1. The van der Waals surface area contributed by atoms with E-state index < -0.39 is 9.84 Å². The Labute approximate surface area is 222 Å². The van der Waals surface area contributed by atoms with Gasteiger partial charge in [-0.1, -0.05) is 0 Å². The molecular weight excluding hydrogens is 504 g/mol. The van der Waals surface area contributed by atoms with Crippen molar-refractivity contribution in [3.8, 4) is 11.5 Å². The average Bonchev–Trinajstić information content (AvgIpc) is 2.85. The van der Waals surface area contributed by atoms with Crippen molar-refractivity contribution in [3.63, 3.8) is 0 Å². The minimum atomic E-state index is -3.31. The first-order valence-electron chi connectivity index (χ1n) is 12.2. The van der Waals surface area contributed by atoms with Gasteiger partial charge in [0.2, 0.25) is 5.95 Å². The second kappa shape index (κ2) is 10.4. The number of sulfone groups is 1. The normalized spacial score (nSPS) is 17.2. The zero-order valence-corrected chi connectivity index (χ0v) is 22.5. The molecule has 10 nitrogen and oxygen atoms in total. The van der Waals surface area contributed by atoms with Gasteiger partial charge in [0, 0.05) is 35.6 Å². The van der Waals surface area contributed by atoms with Crippen molar-refractivity contribution < 1.29 is 17.9 Å². The van der Waals surface area contributed by atoms with Crippen LogP contribution < -0.4 is 20.1 Å². The molecular formula is C27H30N6O4S. The van der Waals surface area contributed by atoms with E-state index in [1.807, 2.05) is 24.3 Å². The highest BCUT2D eigenvalue weighted by molar-refractivity contribution is 7.90. The summed E-state index contributed by atoms with van der Waals surface area (Å²) in [5, 5.41) is 7.12. The molecule has 0 radical (unpaired) electrons. The molecule has 5 rings (SSSR count). The fraction of sp³-hybridized carbons (Fsp3) is 0.296. The number of nitrogens with one attached hydrogen (secondary N) is 2. The van der Waals surface area contributed by atoms with Crippen molar-refractivity contribution in [1.29, 1.82) is 0 Å². The van der Waals surface area contributed by atoms with Crippen LogP contribution in [-0.4, -0.2) is 67.9 Å². The van der Waals surface area contributed by atoms with Crippen LogP contribution in [0.2, 0.25) is 0 Å². The molecule has 11 heteroatoms. The first kappa shape index (κ1) is 25.7. The molecule has 198 valence electrons. The zero-order valence-electron chi connectivity index (χ0n) is 21.7. The lowest BCUT2D eigenvalue weighted by atomic mass is 9.88. The fourth-order valence-electron chi connectivity index (χ4n) is 4.25. The van der Waals surface area contributed by atoms with Gasteiger partial charge in [-0.3, -0.25) is 4.98 Å². The number of methoxy groups -OCH3 is 1. The number of ether oxygens (including phenoxy) is 2. The molecule has 0 unspecified atom stereocenters. The van der Waals surface area contributed by atoms with E-state index in [1.165, 1.54) is 6.26 Å². The molecule has 2 N–H and O–H groups in total. The van der Waals surface area contributed by atoms with Gasteiger partial charge < -0.3 is 25.0 Å². The number of hydrogen-bond acceptors (Lipinski definition) is 10. The Morgan fingerprint density at radius 3 is 2.50 bits per heavy atom. The van der Waals surface area contributed by atoms with Gasteiger partial charge in [-0.25, -0.2) is 13.4 Å².